The van der Waals surface area contributed by atoms with Crippen molar-refractivity contribution < 1.29 is 28.5 Å². The summed E-state index contributed by atoms with van der Waals surface area (Å²) < 4.78 is 20.6. The van der Waals surface area contributed by atoms with E-state index in [9.17, 15) is 9.59 Å². The van der Waals surface area contributed by atoms with Crippen LogP contribution in [0.1, 0.15) is 38.5 Å². The number of hydrogen-bond acceptors (Lipinski definition) is 6. The first-order valence-electron chi connectivity index (χ1n) is 8.61. The van der Waals surface area contributed by atoms with E-state index in [1.54, 1.807) is 0 Å². The van der Waals surface area contributed by atoms with Crippen LogP contribution in [0, 0.1) is 0 Å². The number of ether oxygens (including phenoxy) is 4. The van der Waals surface area contributed by atoms with Crippen molar-refractivity contribution in [1.82, 2.24) is 0 Å². The molecule has 0 atom stereocenters. The number of carbonyl (C=O) groups excluding carboxylic acids is 2. The van der Waals surface area contributed by atoms with Crippen molar-refractivity contribution >= 4 is 11.9 Å². The maximum atomic E-state index is 11.4. The van der Waals surface area contributed by atoms with Crippen molar-refractivity contribution in [1.29, 1.82) is 0 Å². The van der Waals surface area contributed by atoms with E-state index in [1.807, 2.05) is 12.2 Å². The van der Waals surface area contributed by atoms with Gasteiger partial charge in [0.1, 0.15) is 13.2 Å². The Labute approximate surface area is 143 Å². The fourth-order valence-electron chi connectivity index (χ4n) is 2.06. The molecule has 24 heavy (non-hydrogen) atoms. The summed E-state index contributed by atoms with van der Waals surface area (Å²) in [5, 5.41) is 0. The molecule has 1 aliphatic rings. The van der Waals surface area contributed by atoms with Crippen molar-refractivity contribution in [2.75, 3.05) is 39.6 Å². The Morgan fingerprint density at radius 1 is 0.583 bits per heavy atom. The van der Waals surface area contributed by atoms with E-state index < -0.39 is 0 Å². The zero-order valence-electron chi connectivity index (χ0n) is 14.2. The van der Waals surface area contributed by atoms with E-state index in [4.69, 9.17) is 18.9 Å². The molecule has 0 bridgehead atoms. The molecule has 0 saturated heterocycles. The zero-order chi connectivity index (χ0) is 17.3. The van der Waals surface area contributed by atoms with Crippen LogP contribution in [0.3, 0.4) is 0 Å². The van der Waals surface area contributed by atoms with Crippen LogP contribution < -0.4 is 0 Å². The molecule has 0 aliphatic carbocycles. The predicted octanol–water partition coefficient (Wildman–Crippen LogP) is 2.57. The van der Waals surface area contributed by atoms with Crippen LogP contribution >= 0.6 is 0 Å². The number of hydrogen-bond donors (Lipinski definition) is 0. The second-order valence-corrected chi connectivity index (χ2v) is 5.36. The highest BCUT2D eigenvalue weighted by Crippen LogP contribution is 2.06. The SMILES string of the molecule is O=C1/C=C/CCCCCC/C=C/C(=O)OCCOCCOCCO1. The molecule has 0 aromatic heterocycles. The first-order valence-corrected chi connectivity index (χ1v) is 8.61. The van der Waals surface area contributed by atoms with E-state index in [2.05, 4.69) is 0 Å². The Balaban J connectivity index is 2.26. The van der Waals surface area contributed by atoms with Crippen molar-refractivity contribution in [2.24, 2.45) is 0 Å². The fourth-order valence-corrected chi connectivity index (χ4v) is 2.06. The molecular weight excluding hydrogens is 312 g/mol. The highest BCUT2D eigenvalue weighted by atomic mass is 16.6. The lowest BCUT2D eigenvalue weighted by Crippen LogP contribution is -2.14. The van der Waals surface area contributed by atoms with E-state index in [1.165, 1.54) is 12.2 Å². The zero-order valence-corrected chi connectivity index (χ0v) is 14.2. The Hall–Kier alpha value is -1.66. The molecule has 0 N–H and O–H groups in total. The number of allylic oxidation sites excluding steroid dienone is 2. The van der Waals surface area contributed by atoms with Gasteiger partial charge in [0.2, 0.25) is 0 Å². The van der Waals surface area contributed by atoms with E-state index >= 15 is 0 Å². The molecule has 0 aromatic carbocycles. The second-order valence-electron chi connectivity index (χ2n) is 5.36. The third-order valence-corrected chi connectivity index (χ3v) is 3.32. The molecule has 0 saturated carbocycles. The average molecular weight is 340 g/mol. The molecule has 0 unspecified atom stereocenters. The van der Waals surface area contributed by atoms with Gasteiger partial charge in [-0.15, -0.1) is 0 Å². The minimum Gasteiger partial charge on any atom is -0.460 e. The smallest absolute Gasteiger partial charge is 0.330 e. The van der Waals surface area contributed by atoms with Crippen LogP contribution in [0.15, 0.2) is 24.3 Å². The summed E-state index contributed by atoms with van der Waals surface area (Å²) in [6, 6.07) is 0. The van der Waals surface area contributed by atoms with Gasteiger partial charge in [0.25, 0.3) is 0 Å². The second kappa shape index (κ2) is 14.9. The summed E-state index contributed by atoms with van der Waals surface area (Å²) in [5.74, 6) is -0.659. The Kier molecular flexibility index (Phi) is 12.7. The van der Waals surface area contributed by atoms with Crippen molar-refractivity contribution in [3.63, 3.8) is 0 Å². The summed E-state index contributed by atoms with van der Waals surface area (Å²) >= 11 is 0. The Morgan fingerprint density at radius 2 is 1.00 bits per heavy atom. The van der Waals surface area contributed by atoms with Gasteiger partial charge in [-0.2, -0.15) is 0 Å². The van der Waals surface area contributed by atoms with Crippen LogP contribution in [0.25, 0.3) is 0 Å². The standard InChI is InChI=1S/C18H28O6/c19-17-9-7-5-3-1-2-4-6-8-10-18(20)24-16-14-22-12-11-21-13-15-23-17/h7-10H,1-6,11-16H2/b9-7+,10-8+. The predicted molar refractivity (Wildman–Crippen MR) is 89.5 cm³/mol. The summed E-state index contributed by atoms with van der Waals surface area (Å²) in [6.45, 7) is 1.94. The normalized spacial score (nSPS) is 23.8. The molecule has 0 spiro atoms. The van der Waals surface area contributed by atoms with E-state index in [0.29, 0.717) is 26.4 Å². The lowest BCUT2D eigenvalue weighted by Gasteiger charge is -2.06. The number of esters is 2. The average Bonchev–Trinajstić information content (AvgIpc) is 2.57. The number of rotatable bonds is 0. The molecule has 0 amide bonds. The maximum absolute atomic E-state index is 11.4. The molecule has 1 heterocycles. The first kappa shape index (κ1) is 20.4. The molecule has 6 nitrogen and oxygen atoms in total. The minimum atomic E-state index is -0.330. The summed E-state index contributed by atoms with van der Waals surface area (Å²) in [4.78, 5) is 22.8. The van der Waals surface area contributed by atoms with Gasteiger partial charge in [-0.05, 0) is 25.7 Å². The van der Waals surface area contributed by atoms with Gasteiger partial charge in [0.05, 0.1) is 26.4 Å². The Bertz CT molecular complexity index is 364. The van der Waals surface area contributed by atoms with Crippen molar-refractivity contribution in [3.8, 4) is 0 Å². The highest BCUT2D eigenvalue weighted by Gasteiger charge is 1.99. The van der Waals surface area contributed by atoms with Crippen LogP contribution in [0.4, 0.5) is 0 Å². The summed E-state index contributed by atoms with van der Waals surface area (Å²) in [7, 11) is 0. The van der Waals surface area contributed by atoms with E-state index in [-0.39, 0.29) is 25.2 Å². The minimum absolute atomic E-state index is 0.229. The molecule has 0 fully saturated rings. The first-order chi connectivity index (χ1) is 11.8. The number of cyclic esters (lactones) is 2. The lowest BCUT2D eigenvalue weighted by atomic mass is 10.1. The topological polar surface area (TPSA) is 71.1 Å². The third kappa shape index (κ3) is 12.8. The molecule has 0 radical (unpaired) electrons. The van der Waals surface area contributed by atoms with Gasteiger partial charge in [0.15, 0.2) is 0 Å². The molecule has 1 aliphatic heterocycles. The molecule has 136 valence electrons. The fraction of sp³-hybridized carbons (Fsp3) is 0.667. The van der Waals surface area contributed by atoms with Crippen LogP contribution in [-0.4, -0.2) is 51.6 Å². The van der Waals surface area contributed by atoms with Gasteiger partial charge in [-0.1, -0.05) is 25.0 Å². The van der Waals surface area contributed by atoms with Gasteiger partial charge in [-0.25, -0.2) is 9.59 Å². The molecule has 6 heteroatoms. The van der Waals surface area contributed by atoms with Crippen LogP contribution in [-0.2, 0) is 28.5 Å². The monoisotopic (exact) mass is 340 g/mol. The van der Waals surface area contributed by atoms with Gasteiger partial charge in [-0.3, -0.25) is 0 Å². The highest BCUT2D eigenvalue weighted by molar-refractivity contribution is 5.82. The molecular formula is C18H28O6. The van der Waals surface area contributed by atoms with Gasteiger partial charge in [0, 0.05) is 12.2 Å². The van der Waals surface area contributed by atoms with Gasteiger partial charge < -0.3 is 18.9 Å². The molecule has 0 aromatic rings. The van der Waals surface area contributed by atoms with Crippen LogP contribution in [0.2, 0.25) is 0 Å². The summed E-state index contributed by atoms with van der Waals surface area (Å²) in [6.07, 6.45) is 12.7. The number of carbonyl (C=O) groups is 2. The Morgan fingerprint density at radius 3 is 1.46 bits per heavy atom. The molecule has 1 rings (SSSR count). The third-order valence-electron chi connectivity index (χ3n) is 3.32. The largest absolute Gasteiger partial charge is 0.460 e. The lowest BCUT2D eigenvalue weighted by molar-refractivity contribution is -0.141. The van der Waals surface area contributed by atoms with Gasteiger partial charge >= 0.3 is 11.9 Å². The van der Waals surface area contributed by atoms with Crippen LogP contribution in [0.5, 0.6) is 0 Å². The summed E-state index contributed by atoms with van der Waals surface area (Å²) in [5.41, 5.74) is 0. The van der Waals surface area contributed by atoms with Crippen molar-refractivity contribution in [2.45, 2.75) is 38.5 Å². The van der Waals surface area contributed by atoms with Crippen molar-refractivity contribution in [3.05, 3.63) is 24.3 Å². The quantitative estimate of drug-likeness (QED) is 0.631. The van der Waals surface area contributed by atoms with E-state index in [0.717, 1.165) is 38.5 Å². The maximum Gasteiger partial charge on any atom is 0.330 e.